The molecule has 0 heterocycles. The molecule has 0 aliphatic rings. The molecule has 0 aliphatic carbocycles. The average Bonchev–Trinajstić information content (AvgIpc) is 1.35. The lowest BCUT2D eigenvalue weighted by Gasteiger charge is -2.11. The van der Waals surface area contributed by atoms with Crippen LogP contribution in [0.5, 0.6) is 0 Å². The van der Waals surface area contributed by atoms with Gasteiger partial charge in [0.2, 0.25) is 0 Å². The maximum absolute atomic E-state index is 5.27. The summed E-state index contributed by atoms with van der Waals surface area (Å²) in [7, 11) is 0. The molecule has 0 amide bonds. The molecule has 0 fully saturated rings. The third kappa shape index (κ3) is 4.27. The summed E-state index contributed by atoms with van der Waals surface area (Å²) in [6.07, 6.45) is 0. The van der Waals surface area contributed by atoms with Crippen molar-refractivity contribution in [2.45, 2.75) is 11.8 Å². The van der Waals surface area contributed by atoms with E-state index in [0.717, 1.165) is 0 Å². The van der Waals surface area contributed by atoms with Gasteiger partial charge in [0.15, 0.2) is 0 Å². The lowest BCUT2D eigenvalue weighted by atomic mass is 10.4. The number of thiol groups is 1. The van der Waals surface area contributed by atoms with Gasteiger partial charge in [0.05, 0.1) is 4.87 Å². The van der Waals surface area contributed by atoms with E-state index >= 15 is 0 Å². The molecule has 0 aromatic rings. The Labute approximate surface area is 43.3 Å². The minimum absolute atomic E-state index is 0.413. The summed E-state index contributed by atoms with van der Waals surface area (Å²) in [6, 6.07) is 0. The van der Waals surface area contributed by atoms with Crippen LogP contribution in [-0.2, 0) is 0 Å². The van der Waals surface area contributed by atoms with Crippen LogP contribution in [0.2, 0.25) is 0 Å². The maximum atomic E-state index is 5.27. The zero-order chi connectivity index (χ0) is 5.21. The highest BCUT2D eigenvalue weighted by Gasteiger charge is 2.05. The average molecular weight is 106 g/mol. The summed E-state index contributed by atoms with van der Waals surface area (Å²) >= 11 is 3.91. The first-order chi connectivity index (χ1) is 2.56. The SMILES string of the molecule is CC(N)(S)CN. The van der Waals surface area contributed by atoms with Gasteiger partial charge < -0.3 is 11.5 Å². The third-order valence-electron chi connectivity index (χ3n) is 0.413. The Morgan fingerprint density at radius 3 is 2.00 bits per heavy atom. The summed E-state index contributed by atoms with van der Waals surface area (Å²) in [5.74, 6) is 0. The highest BCUT2D eigenvalue weighted by atomic mass is 32.1. The lowest BCUT2D eigenvalue weighted by Crippen LogP contribution is -2.37. The quantitative estimate of drug-likeness (QED) is 0.313. The Morgan fingerprint density at radius 1 is 1.83 bits per heavy atom. The van der Waals surface area contributed by atoms with Crippen molar-refractivity contribution in [3.05, 3.63) is 0 Å². The van der Waals surface area contributed by atoms with Crippen LogP contribution in [-0.4, -0.2) is 11.4 Å². The minimum atomic E-state index is -0.486. The largest absolute Gasteiger partial charge is 0.328 e. The molecule has 0 aliphatic heterocycles. The third-order valence-corrected chi connectivity index (χ3v) is 0.596. The van der Waals surface area contributed by atoms with Crippen molar-refractivity contribution in [1.29, 1.82) is 0 Å². The van der Waals surface area contributed by atoms with E-state index in [2.05, 4.69) is 12.6 Å². The van der Waals surface area contributed by atoms with Gasteiger partial charge in [0, 0.05) is 6.54 Å². The highest BCUT2D eigenvalue weighted by Crippen LogP contribution is 1.98. The first-order valence-corrected chi connectivity index (χ1v) is 2.22. The Hall–Kier alpha value is 0.270. The van der Waals surface area contributed by atoms with E-state index in [4.69, 9.17) is 11.5 Å². The summed E-state index contributed by atoms with van der Waals surface area (Å²) in [5, 5.41) is 0. The Kier molecular flexibility index (Phi) is 1.90. The molecule has 0 saturated heterocycles. The molecular weight excluding hydrogens is 96.1 g/mol. The Morgan fingerprint density at radius 2 is 2.00 bits per heavy atom. The molecule has 2 nitrogen and oxygen atoms in total. The molecule has 0 aromatic carbocycles. The van der Waals surface area contributed by atoms with Crippen molar-refractivity contribution in [1.82, 2.24) is 0 Å². The van der Waals surface area contributed by atoms with Gasteiger partial charge in [0.1, 0.15) is 0 Å². The standard InChI is InChI=1S/C3H10N2S/c1-3(5,6)2-4/h6H,2,4-5H2,1H3. The van der Waals surface area contributed by atoms with Crippen LogP contribution in [0.15, 0.2) is 0 Å². The fourth-order valence-corrected chi connectivity index (χ4v) is 0. The summed E-state index contributed by atoms with van der Waals surface area (Å²) < 4.78 is 0. The number of rotatable bonds is 1. The van der Waals surface area contributed by atoms with E-state index in [9.17, 15) is 0 Å². The first kappa shape index (κ1) is 6.27. The molecule has 0 rings (SSSR count). The van der Waals surface area contributed by atoms with Crippen LogP contribution in [0.4, 0.5) is 0 Å². The zero-order valence-corrected chi connectivity index (χ0v) is 4.70. The van der Waals surface area contributed by atoms with E-state index in [1.54, 1.807) is 6.92 Å². The Bertz CT molecular complexity index is 38.5. The van der Waals surface area contributed by atoms with E-state index in [1.807, 2.05) is 0 Å². The molecule has 1 atom stereocenters. The molecule has 0 saturated carbocycles. The highest BCUT2D eigenvalue weighted by molar-refractivity contribution is 7.81. The normalized spacial score (nSPS) is 20.0. The van der Waals surface area contributed by atoms with Crippen molar-refractivity contribution in [3.63, 3.8) is 0 Å². The van der Waals surface area contributed by atoms with E-state index < -0.39 is 4.87 Å². The predicted molar refractivity (Wildman–Crippen MR) is 30.6 cm³/mol. The van der Waals surface area contributed by atoms with Crippen molar-refractivity contribution in [3.8, 4) is 0 Å². The number of nitrogens with two attached hydrogens (primary N) is 2. The molecule has 38 valence electrons. The van der Waals surface area contributed by atoms with Crippen LogP contribution in [0.3, 0.4) is 0 Å². The topological polar surface area (TPSA) is 52.0 Å². The van der Waals surface area contributed by atoms with E-state index in [-0.39, 0.29) is 0 Å². The second-order valence-corrected chi connectivity index (χ2v) is 2.58. The molecule has 1 unspecified atom stereocenters. The summed E-state index contributed by atoms with van der Waals surface area (Å²) in [5.41, 5.74) is 10.4. The molecule has 6 heavy (non-hydrogen) atoms. The fourth-order valence-electron chi connectivity index (χ4n) is 0. The van der Waals surface area contributed by atoms with Gasteiger partial charge in [-0.2, -0.15) is 12.6 Å². The van der Waals surface area contributed by atoms with Crippen molar-refractivity contribution >= 4 is 12.6 Å². The van der Waals surface area contributed by atoms with E-state index in [0.29, 0.717) is 6.54 Å². The van der Waals surface area contributed by atoms with E-state index in [1.165, 1.54) is 0 Å². The van der Waals surface area contributed by atoms with Gasteiger partial charge in [-0.25, -0.2) is 0 Å². The van der Waals surface area contributed by atoms with Gasteiger partial charge in [0.25, 0.3) is 0 Å². The summed E-state index contributed by atoms with van der Waals surface area (Å²) in [4.78, 5) is -0.486. The van der Waals surface area contributed by atoms with Gasteiger partial charge in [-0.05, 0) is 6.92 Å². The molecule has 0 radical (unpaired) electrons. The number of hydrogen-bond acceptors (Lipinski definition) is 3. The monoisotopic (exact) mass is 106 g/mol. The van der Waals surface area contributed by atoms with Crippen molar-refractivity contribution in [2.75, 3.05) is 6.54 Å². The maximum Gasteiger partial charge on any atom is 0.0685 e. The lowest BCUT2D eigenvalue weighted by molar-refractivity contribution is 0.694. The van der Waals surface area contributed by atoms with Gasteiger partial charge in [-0.3, -0.25) is 0 Å². The van der Waals surface area contributed by atoms with Crippen LogP contribution in [0, 0.1) is 0 Å². The molecule has 0 spiro atoms. The second-order valence-electron chi connectivity index (χ2n) is 1.56. The molecule has 0 aromatic heterocycles. The fraction of sp³-hybridized carbons (Fsp3) is 1.00. The Balaban J connectivity index is 3.17. The predicted octanol–water partition coefficient (Wildman–Crippen LogP) is -0.450. The van der Waals surface area contributed by atoms with Crippen LogP contribution in [0.25, 0.3) is 0 Å². The van der Waals surface area contributed by atoms with Gasteiger partial charge >= 0.3 is 0 Å². The molecular formula is C3H10N2S. The molecule has 4 N–H and O–H groups in total. The van der Waals surface area contributed by atoms with Gasteiger partial charge in [-0.15, -0.1) is 0 Å². The van der Waals surface area contributed by atoms with Crippen molar-refractivity contribution in [2.24, 2.45) is 11.5 Å². The second kappa shape index (κ2) is 1.82. The minimum Gasteiger partial charge on any atom is -0.328 e. The smallest absolute Gasteiger partial charge is 0.0685 e. The van der Waals surface area contributed by atoms with Crippen LogP contribution in [0.1, 0.15) is 6.92 Å². The van der Waals surface area contributed by atoms with Crippen LogP contribution >= 0.6 is 12.6 Å². The molecule has 0 bridgehead atoms. The molecule has 3 heteroatoms. The zero-order valence-electron chi connectivity index (χ0n) is 3.81. The van der Waals surface area contributed by atoms with Crippen LogP contribution < -0.4 is 11.5 Å². The number of hydrogen-bond donors (Lipinski definition) is 3. The van der Waals surface area contributed by atoms with Gasteiger partial charge in [-0.1, -0.05) is 0 Å². The first-order valence-electron chi connectivity index (χ1n) is 1.77. The summed E-state index contributed by atoms with van der Waals surface area (Å²) in [6.45, 7) is 2.17. The van der Waals surface area contributed by atoms with Crippen molar-refractivity contribution < 1.29 is 0 Å².